The summed E-state index contributed by atoms with van der Waals surface area (Å²) in [4.78, 5) is 28.2. The van der Waals surface area contributed by atoms with Crippen molar-refractivity contribution in [1.29, 1.82) is 0 Å². The lowest BCUT2D eigenvalue weighted by Gasteiger charge is -2.36. The number of piperazine rings is 1. The predicted octanol–water partition coefficient (Wildman–Crippen LogP) is 2.95. The minimum atomic E-state index is -0.491. The molecule has 1 fully saturated rings. The molecule has 1 aliphatic heterocycles. The van der Waals surface area contributed by atoms with Crippen LogP contribution in [0, 0.1) is 19.7 Å². The van der Waals surface area contributed by atoms with Gasteiger partial charge in [0.2, 0.25) is 0 Å². The molecular formula is C21H23FN2O3. The first kappa shape index (κ1) is 18.9. The van der Waals surface area contributed by atoms with Gasteiger partial charge in [-0.2, -0.15) is 0 Å². The number of para-hydroxylation sites is 1. The highest BCUT2D eigenvalue weighted by Crippen LogP contribution is 2.20. The van der Waals surface area contributed by atoms with Crippen molar-refractivity contribution in [2.75, 3.05) is 37.7 Å². The maximum absolute atomic E-state index is 13.9. The van der Waals surface area contributed by atoms with Crippen LogP contribution in [0.3, 0.4) is 0 Å². The topological polar surface area (TPSA) is 49.9 Å². The quantitative estimate of drug-likeness (QED) is 0.777. The summed E-state index contributed by atoms with van der Waals surface area (Å²) < 4.78 is 19.1. The third kappa shape index (κ3) is 4.27. The fourth-order valence-corrected chi connectivity index (χ4v) is 3.17. The number of anilines is 1. The van der Waals surface area contributed by atoms with Gasteiger partial charge in [-0.05, 0) is 43.2 Å². The summed E-state index contributed by atoms with van der Waals surface area (Å²) in [6.45, 7) is 5.51. The number of aryl methyl sites for hydroxylation is 1. The van der Waals surface area contributed by atoms with Crippen molar-refractivity contribution in [3.8, 4) is 0 Å². The van der Waals surface area contributed by atoms with Crippen LogP contribution >= 0.6 is 0 Å². The Morgan fingerprint density at radius 1 is 1.00 bits per heavy atom. The molecule has 6 heteroatoms. The molecule has 0 saturated carbocycles. The first-order chi connectivity index (χ1) is 13.0. The summed E-state index contributed by atoms with van der Waals surface area (Å²) in [6.07, 6.45) is 0. The first-order valence-corrected chi connectivity index (χ1v) is 8.98. The number of esters is 1. The number of ether oxygens (including phenoxy) is 1. The lowest BCUT2D eigenvalue weighted by molar-refractivity contribution is -0.134. The van der Waals surface area contributed by atoms with Crippen LogP contribution in [-0.2, 0) is 9.53 Å². The monoisotopic (exact) mass is 370 g/mol. The third-order valence-electron chi connectivity index (χ3n) is 4.98. The summed E-state index contributed by atoms with van der Waals surface area (Å²) >= 11 is 0. The molecule has 0 spiro atoms. The van der Waals surface area contributed by atoms with Gasteiger partial charge in [0.15, 0.2) is 6.61 Å². The number of hydrogen-bond acceptors (Lipinski definition) is 4. The third-order valence-corrected chi connectivity index (χ3v) is 4.98. The van der Waals surface area contributed by atoms with Crippen molar-refractivity contribution in [2.24, 2.45) is 0 Å². The molecule has 27 heavy (non-hydrogen) atoms. The van der Waals surface area contributed by atoms with E-state index in [-0.39, 0.29) is 18.3 Å². The van der Waals surface area contributed by atoms with E-state index >= 15 is 0 Å². The van der Waals surface area contributed by atoms with Crippen LogP contribution in [0.2, 0.25) is 0 Å². The maximum atomic E-state index is 13.9. The fraction of sp³-hybridized carbons (Fsp3) is 0.333. The molecule has 0 N–H and O–H groups in total. The number of nitrogens with zero attached hydrogens (tertiary/aromatic N) is 2. The Bertz CT molecular complexity index is 845. The van der Waals surface area contributed by atoms with E-state index in [0.29, 0.717) is 37.4 Å². The highest BCUT2D eigenvalue weighted by Gasteiger charge is 2.23. The summed E-state index contributed by atoms with van der Waals surface area (Å²) in [5, 5.41) is 0. The highest BCUT2D eigenvalue weighted by molar-refractivity contribution is 5.93. The zero-order chi connectivity index (χ0) is 19.4. The SMILES string of the molecule is Cc1cccc(C(=O)OCC(=O)N2CCN(c3ccccc3F)CC2)c1C. The van der Waals surface area contributed by atoms with Crippen LogP contribution in [0.5, 0.6) is 0 Å². The molecule has 142 valence electrons. The maximum Gasteiger partial charge on any atom is 0.338 e. The Balaban J connectivity index is 1.52. The zero-order valence-electron chi connectivity index (χ0n) is 15.6. The minimum absolute atomic E-state index is 0.234. The van der Waals surface area contributed by atoms with Gasteiger partial charge in [0, 0.05) is 26.2 Å². The van der Waals surface area contributed by atoms with Gasteiger partial charge in [-0.3, -0.25) is 4.79 Å². The van der Waals surface area contributed by atoms with E-state index in [0.717, 1.165) is 11.1 Å². The van der Waals surface area contributed by atoms with Crippen LogP contribution in [0.15, 0.2) is 42.5 Å². The molecule has 3 rings (SSSR count). The standard InChI is InChI=1S/C21H23FN2O3/c1-15-6-5-7-17(16(15)2)21(26)27-14-20(25)24-12-10-23(11-13-24)19-9-4-3-8-18(19)22/h3-9H,10-14H2,1-2H3. The number of halogens is 1. The van der Waals surface area contributed by atoms with Crippen molar-refractivity contribution in [3.05, 3.63) is 65.0 Å². The van der Waals surface area contributed by atoms with Gasteiger partial charge in [-0.25, -0.2) is 9.18 Å². The lowest BCUT2D eigenvalue weighted by Crippen LogP contribution is -2.50. The number of benzene rings is 2. The van der Waals surface area contributed by atoms with Gasteiger partial charge >= 0.3 is 5.97 Å². The lowest BCUT2D eigenvalue weighted by atomic mass is 10.0. The average Bonchev–Trinajstić information content (AvgIpc) is 2.68. The van der Waals surface area contributed by atoms with E-state index in [4.69, 9.17) is 4.74 Å². The second-order valence-corrected chi connectivity index (χ2v) is 6.64. The molecule has 5 nitrogen and oxygen atoms in total. The Hall–Kier alpha value is -2.89. The van der Waals surface area contributed by atoms with Crippen LogP contribution in [0.4, 0.5) is 10.1 Å². The largest absolute Gasteiger partial charge is 0.452 e. The van der Waals surface area contributed by atoms with Gasteiger partial charge in [0.05, 0.1) is 11.3 Å². The molecule has 0 bridgehead atoms. The zero-order valence-corrected chi connectivity index (χ0v) is 15.6. The van der Waals surface area contributed by atoms with Crippen molar-refractivity contribution < 1.29 is 18.7 Å². The van der Waals surface area contributed by atoms with Crippen LogP contribution in [-0.4, -0.2) is 49.6 Å². The van der Waals surface area contributed by atoms with Crippen LogP contribution in [0.25, 0.3) is 0 Å². The highest BCUT2D eigenvalue weighted by atomic mass is 19.1. The van der Waals surface area contributed by atoms with Gasteiger partial charge in [-0.15, -0.1) is 0 Å². The molecule has 1 aliphatic rings. The van der Waals surface area contributed by atoms with E-state index in [1.807, 2.05) is 24.8 Å². The van der Waals surface area contributed by atoms with Gasteiger partial charge < -0.3 is 14.5 Å². The number of hydrogen-bond donors (Lipinski definition) is 0. The normalized spacial score (nSPS) is 14.2. The van der Waals surface area contributed by atoms with Crippen molar-refractivity contribution in [3.63, 3.8) is 0 Å². The van der Waals surface area contributed by atoms with E-state index in [1.165, 1.54) is 6.07 Å². The van der Waals surface area contributed by atoms with Crippen LogP contribution < -0.4 is 4.90 Å². The van der Waals surface area contributed by atoms with E-state index in [2.05, 4.69) is 0 Å². The Kier molecular flexibility index (Phi) is 5.74. The van der Waals surface area contributed by atoms with E-state index in [1.54, 1.807) is 35.2 Å². The second-order valence-electron chi connectivity index (χ2n) is 6.64. The summed E-state index contributed by atoms with van der Waals surface area (Å²) in [5.41, 5.74) is 2.88. The number of carbonyl (C=O) groups is 2. The number of rotatable bonds is 4. The Morgan fingerprint density at radius 2 is 1.70 bits per heavy atom. The summed E-state index contributed by atoms with van der Waals surface area (Å²) in [5.74, 6) is -0.990. The number of carbonyl (C=O) groups excluding carboxylic acids is 2. The summed E-state index contributed by atoms with van der Waals surface area (Å²) in [6, 6.07) is 12.0. The molecule has 0 atom stereocenters. The Morgan fingerprint density at radius 3 is 2.41 bits per heavy atom. The summed E-state index contributed by atoms with van der Waals surface area (Å²) in [7, 11) is 0. The first-order valence-electron chi connectivity index (χ1n) is 8.98. The molecule has 0 aromatic heterocycles. The molecule has 0 unspecified atom stereocenters. The molecule has 0 aliphatic carbocycles. The van der Waals surface area contributed by atoms with Crippen molar-refractivity contribution >= 4 is 17.6 Å². The van der Waals surface area contributed by atoms with Gasteiger partial charge in [-0.1, -0.05) is 24.3 Å². The number of amides is 1. The van der Waals surface area contributed by atoms with Gasteiger partial charge in [0.1, 0.15) is 5.82 Å². The van der Waals surface area contributed by atoms with Crippen molar-refractivity contribution in [1.82, 2.24) is 4.90 Å². The molecule has 2 aromatic carbocycles. The molecule has 1 amide bonds. The van der Waals surface area contributed by atoms with Crippen LogP contribution in [0.1, 0.15) is 21.5 Å². The minimum Gasteiger partial charge on any atom is -0.452 e. The molecule has 1 heterocycles. The molecule has 1 saturated heterocycles. The van der Waals surface area contributed by atoms with Gasteiger partial charge in [0.25, 0.3) is 5.91 Å². The molecule has 0 radical (unpaired) electrons. The second kappa shape index (κ2) is 8.20. The molecular weight excluding hydrogens is 347 g/mol. The van der Waals surface area contributed by atoms with E-state index < -0.39 is 5.97 Å². The predicted molar refractivity (Wildman–Crippen MR) is 101 cm³/mol. The Labute approximate surface area is 158 Å². The fourth-order valence-electron chi connectivity index (χ4n) is 3.17. The smallest absolute Gasteiger partial charge is 0.338 e. The van der Waals surface area contributed by atoms with Crippen molar-refractivity contribution in [2.45, 2.75) is 13.8 Å². The van der Waals surface area contributed by atoms with E-state index in [9.17, 15) is 14.0 Å². The molecule has 2 aromatic rings. The average molecular weight is 370 g/mol.